The minimum atomic E-state index is -3.60. The van der Waals surface area contributed by atoms with Gasteiger partial charge in [0, 0.05) is 19.7 Å². The van der Waals surface area contributed by atoms with E-state index in [1.807, 2.05) is 0 Å². The molecule has 0 bridgehead atoms. The van der Waals surface area contributed by atoms with Crippen LogP contribution in [0.15, 0.2) is 15.4 Å². The number of methoxy groups -OCH3 is 1. The normalized spacial score (nSPS) is 12.9. The maximum absolute atomic E-state index is 12.1. The van der Waals surface area contributed by atoms with E-state index in [0.29, 0.717) is 11.5 Å². The minimum absolute atomic E-state index is 0.120. The van der Waals surface area contributed by atoms with Gasteiger partial charge >= 0.3 is 0 Å². The quantitative estimate of drug-likeness (QED) is 0.799. The fraction of sp³-hybridized carbons (Fsp3) is 0.636. The van der Waals surface area contributed by atoms with Gasteiger partial charge in [0.05, 0.1) is 12.1 Å². The number of hydrogen-bond donors (Lipinski definition) is 2. The molecule has 0 atom stereocenters. The summed E-state index contributed by atoms with van der Waals surface area (Å²) in [4.78, 5) is 0.120. The number of furan rings is 1. The summed E-state index contributed by atoms with van der Waals surface area (Å²) in [5.74, 6) is 0.775. The van der Waals surface area contributed by atoms with Crippen LogP contribution in [0.1, 0.15) is 25.4 Å². The summed E-state index contributed by atoms with van der Waals surface area (Å²) < 4.78 is 37.0. The van der Waals surface area contributed by atoms with Gasteiger partial charge in [-0.25, -0.2) is 13.1 Å². The van der Waals surface area contributed by atoms with Crippen molar-refractivity contribution in [1.82, 2.24) is 4.72 Å². The molecule has 0 aliphatic rings. The molecule has 7 heteroatoms. The summed E-state index contributed by atoms with van der Waals surface area (Å²) >= 11 is 0. The monoisotopic (exact) mass is 276 g/mol. The van der Waals surface area contributed by atoms with Crippen molar-refractivity contribution in [3.05, 3.63) is 17.6 Å². The van der Waals surface area contributed by atoms with Crippen molar-refractivity contribution in [1.29, 1.82) is 0 Å². The molecule has 0 radical (unpaired) electrons. The van der Waals surface area contributed by atoms with E-state index < -0.39 is 15.6 Å². The Morgan fingerprint density at radius 1 is 1.50 bits per heavy atom. The van der Waals surface area contributed by atoms with Gasteiger partial charge in [-0.15, -0.1) is 0 Å². The highest BCUT2D eigenvalue weighted by Crippen LogP contribution is 2.20. The Balaban J connectivity index is 2.90. The summed E-state index contributed by atoms with van der Waals surface area (Å²) in [6.07, 6.45) is 0. The van der Waals surface area contributed by atoms with Crippen LogP contribution < -0.4 is 10.5 Å². The Morgan fingerprint density at radius 3 is 2.56 bits per heavy atom. The number of nitrogens with two attached hydrogens (primary N) is 1. The van der Waals surface area contributed by atoms with Crippen LogP contribution in [0.4, 0.5) is 0 Å². The molecule has 0 aliphatic heterocycles. The third kappa shape index (κ3) is 3.55. The smallest absolute Gasteiger partial charge is 0.244 e. The Morgan fingerprint density at radius 2 is 2.11 bits per heavy atom. The first-order chi connectivity index (χ1) is 8.22. The number of rotatable bonds is 6. The SMILES string of the molecule is COC(C)(C)CNS(=O)(=O)c1cc(CN)oc1C. The zero-order valence-electron chi connectivity index (χ0n) is 11.1. The number of sulfonamides is 1. The van der Waals surface area contributed by atoms with Crippen LogP contribution in [0.25, 0.3) is 0 Å². The average Bonchev–Trinajstić information content (AvgIpc) is 2.69. The number of aryl methyl sites for hydroxylation is 1. The van der Waals surface area contributed by atoms with E-state index in [4.69, 9.17) is 14.9 Å². The van der Waals surface area contributed by atoms with Crippen molar-refractivity contribution in [2.24, 2.45) is 5.73 Å². The molecule has 0 saturated carbocycles. The van der Waals surface area contributed by atoms with Gasteiger partial charge in [-0.1, -0.05) is 0 Å². The predicted molar refractivity (Wildman–Crippen MR) is 67.6 cm³/mol. The molecule has 0 aromatic carbocycles. The summed E-state index contributed by atoms with van der Waals surface area (Å²) in [7, 11) is -2.07. The first-order valence-electron chi connectivity index (χ1n) is 5.56. The first-order valence-corrected chi connectivity index (χ1v) is 7.04. The van der Waals surface area contributed by atoms with Crippen molar-refractivity contribution < 1.29 is 17.6 Å². The summed E-state index contributed by atoms with van der Waals surface area (Å²) in [5, 5.41) is 0. The van der Waals surface area contributed by atoms with Crippen LogP contribution in [0, 0.1) is 6.92 Å². The third-order valence-electron chi connectivity index (χ3n) is 2.65. The zero-order chi connectivity index (χ0) is 14.0. The molecule has 1 aromatic heterocycles. The molecular formula is C11H20N2O4S. The van der Waals surface area contributed by atoms with Gasteiger partial charge < -0.3 is 14.9 Å². The van der Waals surface area contributed by atoms with E-state index in [1.165, 1.54) is 13.2 Å². The van der Waals surface area contributed by atoms with E-state index in [2.05, 4.69) is 4.72 Å². The molecule has 0 spiro atoms. The van der Waals surface area contributed by atoms with E-state index in [-0.39, 0.29) is 18.0 Å². The van der Waals surface area contributed by atoms with Crippen molar-refractivity contribution in [2.75, 3.05) is 13.7 Å². The second-order valence-corrected chi connectivity index (χ2v) is 6.36. The topological polar surface area (TPSA) is 94.6 Å². The van der Waals surface area contributed by atoms with Crippen LogP contribution in [0.3, 0.4) is 0 Å². The van der Waals surface area contributed by atoms with Crippen LogP contribution in [0.5, 0.6) is 0 Å². The number of ether oxygens (including phenoxy) is 1. The molecule has 18 heavy (non-hydrogen) atoms. The molecular weight excluding hydrogens is 256 g/mol. The average molecular weight is 276 g/mol. The van der Waals surface area contributed by atoms with Gasteiger partial charge in [0.15, 0.2) is 0 Å². The molecule has 1 aromatic rings. The van der Waals surface area contributed by atoms with Gasteiger partial charge in [-0.05, 0) is 20.8 Å². The molecule has 1 rings (SSSR count). The molecule has 1 heterocycles. The lowest BCUT2D eigenvalue weighted by Crippen LogP contribution is -2.39. The number of hydrogen-bond acceptors (Lipinski definition) is 5. The molecule has 104 valence electrons. The zero-order valence-corrected chi connectivity index (χ0v) is 11.9. The summed E-state index contributed by atoms with van der Waals surface area (Å²) in [6.45, 7) is 5.52. The molecule has 0 amide bonds. The molecule has 0 fully saturated rings. The van der Waals surface area contributed by atoms with Gasteiger partial charge in [0.1, 0.15) is 16.4 Å². The summed E-state index contributed by atoms with van der Waals surface area (Å²) in [6, 6.07) is 1.44. The Kier molecular flexibility index (Phi) is 4.55. The second kappa shape index (κ2) is 5.40. The molecule has 6 nitrogen and oxygen atoms in total. The molecule has 0 aliphatic carbocycles. The lowest BCUT2D eigenvalue weighted by molar-refractivity contribution is 0.0276. The van der Waals surface area contributed by atoms with Gasteiger partial charge in [-0.3, -0.25) is 0 Å². The highest BCUT2D eigenvalue weighted by molar-refractivity contribution is 7.89. The fourth-order valence-corrected chi connectivity index (χ4v) is 2.71. The van der Waals surface area contributed by atoms with Crippen LogP contribution in [-0.4, -0.2) is 27.7 Å². The Bertz CT molecular complexity index is 505. The lowest BCUT2D eigenvalue weighted by atomic mass is 10.1. The second-order valence-electron chi connectivity index (χ2n) is 4.63. The largest absolute Gasteiger partial charge is 0.464 e. The van der Waals surface area contributed by atoms with Crippen molar-refractivity contribution in [2.45, 2.75) is 37.8 Å². The van der Waals surface area contributed by atoms with Crippen LogP contribution in [-0.2, 0) is 21.3 Å². The lowest BCUT2D eigenvalue weighted by Gasteiger charge is -2.22. The van der Waals surface area contributed by atoms with E-state index in [0.717, 1.165) is 0 Å². The fourth-order valence-electron chi connectivity index (χ4n) is 1.31. The predicted octanol–water partition coefficient (Wildman–Crippen LogP) is 0.750. The van der Waals surface area contributed by atoms with Crippen LogP contribution in [0.2, 0.25) is 0 Å². The minimum Gasteiger partial charge on any atom is -0.464 e. The van der Waals surface area contributed by atoms with E-state index >= 15 is 0 Å². The third-order valence-corrected chi connectivity index (χ3v) is 4.16. The van der Waals surface area contributed by atoms with E-state index in [9.17, 15) is 8.42 Å². The van der Waals surface area contributed by atoms with Crippen molar-refractivity contribution in [3.63, 3.8) is 0 Å². The Labute approximate surface area is 108 Å². The summed E-state index contributed by atoms with van der Waals surface area (Å²) in [5.41, 5.74) is 4.84. The van der Waals surface area contributed by atoms with Crippen molar-refractivity contribution >= 4 is 10.0 Å². The molecule has 3 N–H and O–H groups in total. The first kappa shape index (κ1) is 15.2. The van der Waals surface area contributed by atoms with Gasteiger partial charge in [0.25, 0.3) is 0 Å². The van der Waals surface area contributed by atoms with Crippen LogP contribution >= 0.6 is 0 Å². The molecule has 0 saturated heterocycles. The Hall–Kier alpha value is -0.890. The molecule has 0 unspecified atom stereocenters. The maximum atomic E-state index is 12.1. The van der Waals surface area contributed by atoms with Gasteiger partial charge in [0.2, 0.25) is 10.0 Å². The van der Waals surface area contributed by atoms with E-state index in [1.54, 1.807) is 20.8 Å². The number of nitrogens with one attached hydrogen (secondary N) is 1. The van der Waals surface area contributed by atoms with Crippen molar-refractivity contribution in [3.8, 4) is 0 Å². The highest BCUT2D eigenvalue weighted by atomic mass is 32.2. The highest BCUT2D eigenvalue weighted by Gasteiger charge is 2.25. The van der Waals surface area contributed by atoms with Gasteiger partial charge in [-0.2, -0.15) is 0 Å². The standard InChI is InChI=1S/C11H20N2O4S/c1-8-10(5-9(6-12)17-8)18(14,15)13-7-11(2,3)16-4/h5,13H,6-7,12H2,1-4H3. The maximum Gasteiger partial charge on any atom is 0.244 e.